The van der Waals surface area contributed by atoms with Gasteiger partial charge in [-0.25, -0.2) is 4.79 Å². The van der Waals surface area contributed by atoms with Gasteiger partial charge in [-0.2, -0.15) is 0 Å². The van der Waals surface area contributed by atoms with E-state index < -0.39 is 5.97 Å². The number of benzene rings is 2. The third kappa shape index (κ3) is 4.18. The Balaban J connectivity index is 1.55. The fourth-order valence-electron chi connectivity index (χ4n) is 2.57. The van der Waals surface area contributed by atoms with Gasteiger partial charge in [0.25, 0.3) is 5.91 Å². The molecular weight excluding hydrogens is 336 g/mol. The van der Waals surface area contributed by atoms with Crippen molar-refractivity contribution in [1.82, 2.24) is 0 Å². The van der Waals surface area contributed by atoms with Crippen molar-refractivity contribution in [2.75, 3.05) is 24.4 Å². The van der Waals surface area contributed by atoms with Crippen LogP contribution in [0.3, 0.4) is 0 Å². The molecule has 0 spiro atoms. The second-order valence-corrected chi connectivity index (χ2v) is 5.78. The SMILES string of the molecule is COC(=O)c1ccc(NC(=O)CCc2ccc3c(c2)NC(=O)CO3)cc1. The Morgan fingerprint density at radius 3 is 2.69 bits per heavy atom. The highest BCUT2D eigenvalue weighted by atomic mass is 16.5. The third-order valence-electron chi connectivity index (χ3n) is 3.91. The van der Waals surface area contributed by atoms with Crippen molar-refractivity contribution in [2.24, 2.45) is 0 Å². The Morgan fingerprint density at radius 1 is 1.19 bits per heavy atom. The van der Waals surface area contributed by atoms with Gasteiger partial charge in [-0.15, -0.1) is 0 Å². The fraction of sp³-hybridized carbons (Fsp3) is 0.211. The first-order valence-electron chi connectivity index (χ1n) is 8.09. The number of carbonyl (C=O) groups excluding carboxylic acids is 3. The Kier molecular flexibility index (Phi) is 5.17. The van der Waals surface area contributed by atoms with Crippen molar-refractivity contribution in [3.63, 3.8) is 0 Å². The molecule has 0 saturated carbocycles. The van der Waals surface area contributed by atoms with E-state index >= 15 is 0 Å². The molecule has 0 aliphatic carbocycles. The van der Waals surface area contributed by atoms with Gasteiger partial charge in [0.2, 0.25) is 5.91 Å². The van der Waals surface area contributed by atoms with Crippen molar-refractivity contribution < 1.29 is 23.9 Å². The Bertz CT molecular complexity index is 846. The number of rotatable bonds is 5. The van der Waals surface area contributed by atoms with Crippen LogP contribution in [0.15, 0.2) is 42.5 Å². The smallest absolute Gasteiger partial charge is 0.337 e. The van der Waals surface area contributed by atoms with Crippen LogP contribution >= 0.6 is 0 Å². The summed E-state index contributed by atoms with van der Waals surface area (Å²) in [6, 6.07) is 11.9. The fourth-order valence-corrected chi connectivity index (χ4v) is 2.57. The van der Waals surface area contributed by atoms with Crippen LogP contribution < -0.4 is 15.4 Å². The van der Waals surface area contributed by atoms with E-state index in [1.807, 2.05) is 12.1 Å². The highest BCUT2D eigenvalue weighted by Crippen LogP contribution is 2.28. The molecule has 0 fully saturated rings. The maximum absolute atomic E-state index is 12.1. The number of amides is 2. The predicted octanol–water partition coefficient (Wildman–Crippen LogP) is 2.38. The minimum atomic E-state index is -0.425. The first kappa shape index (κ1) is 17.5. The molecule has 1 heterocycles. The monoisotopic (exact) mass is 354 g/mol. The van der Waals surface area contributed by atoms with Gasteiger partial charge in [-0.1, -0.05) is 6.07 Å². The number of methoxy groups -OCH3 is 1. The average molecular weight is 354 g/mol. The van der Waals surface area contributed by atoms with Gasteiger partial charge in [0.15, 0.2) is 6.61 Å². The van der Waals surface area contributed by atoms with E-state index in [0.717, 1.165) is 5.56 Å². The maximum atomic E-state index is 12.1. The first-order valence-corrected chi connectivity index (χ1v) is 8.09. The maximum Gasteiger partial charge on any atom is 0.337 e. The Labute approximate surface area is 150 Å². The van der Waals surface area contributed by atoms with Gasteiger partial charge in [0.05, 0.1) is 18.4 Å². The molecule has 1 aliphatic heterocycles. The van der Waals surface area contributed by atoms with Gasteiger partial charge < -0.3 is 20.1 Å². The number of hydrogen-bond acceptors (Lipinski definition) is 5. The van der Waals surface area contributed by atoms with Crippen LogP contribution in [-0.4, -0.2) is 31.5 Å². The van der Waals surface area contributed by atoms with Crippen molar-refractivity contribution in [1.29, 1.82) is 0 Å². The van der Waals surface area contributed by atoms with Gasteiger partial charge in [0, 0.05) is 12.1 Å². The predicted molar refractivity (Wildman–Crippen MR) is 95.3 cm³/mol. The zero-order chi connectivity index (χ0) is 18.5. The third-order valence-corrected chi connectivity index (χ3v) is 3.91. The van der Waals surface area contributed by atoms with Crippen LogP contribution in [0.1, 0.15) is 22.3 Å². The summed E-state index contributed by atoms with van der Waals surface area (Å²) in [6.07, 6.45) is 0.807. The van der Waals surface area contributed by atoms with Gasteiger partial charge in [0.1, 0.15) is 5.75 Å². The molecule has 26 heavy (non-hydrogen) atoms. The summed E-state index contributed by atoms with van der Waals surface area (Å²) < 4.78 is 9.94. The number of anilines is 2. The average Bonchev–Trinajstić information content (AvgIpc) is 2.66. The highest BCUT2D eigenvalue weighted by Gasteiger charge is 2.16. The Hall–Kier alpha value is -3.35. The van der Waals surface area contributed by atoms with Crippen LogP contribution in [0.5, 0.6) is 5.75 Å². The molecule has 3 rings (SSSR count). The quantitative estimate of drug-likeness (QED) is 0.804. The second-order valence-electron chi connectivity index (χ2n) is 5.78. The number of carbonyl (C=O) groups is 3. The number of fused-ring (bicyclic) bond motifs is 1. The lowest BCUT2D eigenvalue weighted by Gasteiger charge is -2.18. The molecule has 1 aliphatic rings. The summed E-state index contributed by atoms with van der Waals surface area (Å²) in [5.41, 5.74) is 2.57. The normalized spacial score (nSPS) is 12.4. The molecule has 0 aromatic heterocycles. The molecule has 0 atom stereocenters. The number of hydrogen-bond donors (Lipinski definition) is 2. The van der Waals surface area contributed by atoms with Gasteiger partial charge in [-0.3, -0.25) is 9.59 Å². The number of nitrogens with one attached hydrogen (secondary N) is 2. The minimum absolute atomic E-state index is 0.0174. The summed E-state index contributed by atoms with van der Waals surface area (Å²) in [4.78, 5) is 34.9. The summed E-state index contributed by atoms with van der Waals surface area (Å²) in [5.74, 6) is -0.133. The lowest BCUT2D eigenvalue weighted by atomic mass is 10.1. The lowest BCUT2D eigenvalue weighted by molar-refractivity contribution is -0.118. The molecule has 2 aromatic rings. The van der Waals surface area contributed by atoms with Gasteiger partial charge >= 0.3 is 5.97 Å². The van der Waals surface area contributed by atoms with E-state index in [1.165, 1.54) is 7.11 Å². The molecule has 7 nitrogen and oxygen atoms in total. The largest absolute Gasteiger partial charge is 0.482 e. The van der Waals surface area contributed by atoms with E-state index in [9.17, 15) is 14.4 Å². The van der Waals surface area contributed by atoms with Crippen molar-refractivity contribution >= 4 is 29.2 Å². The Morgan fingerprint density at radius 2 is 1.96 bits per heavy atom. The molecule has 134 valence electrons. The second kappa shape index (κ2) is 7.69. The summed E-state index contributed by atoms with van der Waals surface area (Å²) >= 11 is 0. The molecule has 2 amide bonds. The van der Waals surface area contributed by atoms with E-state index in [-0.39, 0.29) is 24.8 Å². The molecule has 0 bridgehead atoms. The minimum Gasteiger partial charge on any atom is -0.482 e. The van der Waals surface area contributed by atoms with Crippen LogP contribution in [0.25, 0.3) is 0 Å². The lowest BCUT2D eigenvalue weighted by Crippen LogP contribution is -2.25. The van der Waals surface area contributed by atoms with Crippen LogP contribution in [-0.2, 0) is 20.7 Å². The van der Waals surface area contributed by atoms with Crippen LogP contribution in [0.4, 0.5) is 11.4 Å². The van der Waals surface area contributed by atoms with Crippen molar-refractivity contribution in [2.45, 2.75) is 12.8 Å². The zero-order valence-corrected chi connectivity index (χ0v) is 14.2. The molecular formula is C19H18N2O5. The standard InChI is InChI=1S/C19H18N2O5/c1-25-19(24)13-4-6-14(7-5-13)20-17(22)9-3-12-2-8-16-15(10-12)21-18(23)11-26-16/h2,4-8,10H,3,9,11H2,1H3,(H,20,22)(H,21,23). The van der Waals surface area contributed by atoms with E-state index in [4.69, 9.17) is 4.74 Å². The summed E-state index contributed by atoms with van der Waals surface area (Å²) in [6.45, 7) is 0.0174. The topological polar surface area (TPSA) is 93.7 Å². The van der Waals surface area contributed by atoms with Crippen LogP contribution in [0.2, 0.25) is 0 Å². The van der Waals surface area contributed by atoms with E-state index in [0.29, 0.717) is 29.1 Å². The molecule has 7 heteroatoms. The molecule has 0 unspecified atom stereocenters. The van der Waals surface area contributed by atoms with Crippen LogP contribution in [0, 0.1) is 0 Å². The number of esters is 1. The van der Waals surface area contributed by atoms with E-state index in [1.54, 1.807) is 30.3 Å². The number of aryl methyl sites for hydroxylation is 1. The molecule has 2 N–H and O–H groups in total. The number of ether oxygens (including phenoxy) is 2. The first-order chi connectivity index (χ1) is 12.5. The summed E-state index contributed by atoms with van der Waals surface area (Å²) in [5, 5.41) is 5.52. The molecule has 0 saturated heterocycles. The zero-order valence-electron chi connectivity index (χ0n) is 14.2. The van der Waals surface area contributed by atoms with Gasteiger partial charge in [-0.05, 0) is 48.4 Å². The molecule has 0 radical (unpaired) electrons. The van der Waals surface area contributed by atoms with E-state index in [2.05, 4.69) is 15.4 Å². The summed E-state index contributed by atoms with van der Waals surface area (Å²) in [7, 11) is 1.32. The molecule has 2 aromatic carbocycles. The highest BCUT2D eigenvalue weighted by molar-refractivity contribution is 5.95. The van der Waals surface area contributed by atoms with Crippen molar-refractivity contribution in [3.05, 3.63) is 53.6 Å². The van der Waals surface area contributed by atoms with Crippen molar-refractivity contribution in [3.8, 4) is 5.75 Å².